The van der Waals surface area contributed by atoms with E-state index < -0.39 is 0 Å². The first-order valence-electron chi connectivity index (χ1n) is 8.48. The monoisotopic (exact) mass is 344 g/mol. The van der Waals surface area contributed by atoms with Crippen LogP contribution in [0.1, 0.15) is 45.7 Å². The van der Waals surface area contributed by atoms with Gasteiger partial charge in [-0.05, 0) is 44.7 Å². The molecule has 5 heteroatoms. The van der Waals surface area contributed by atoms with E-state index in [4.69, 9.17) is 4.74 Å². The molecule has 0 aliphatic carbocycles. The molecule has 1 fully saturated rings. The average molecular weight is 344 g/mol. The number of thiazole rings is 1. The molecule has 3 rings (SSSR count). The van der Waals surface area contributed by atoms with Crippen molar-refractivity contribution in [3.63, 3.8) is 0 Å². The average Bonchev–Trinajstić information content (AvgIpc) is 2.94. The lowest BCUT2D eigenvalue weighted by Crippen LogP contribution is -2.39. The fraction of sp³-hybridized carbons (Fsp3) is 0.474. The molecule has 0 radical (unpaired) electrons. The summed E-state index contributed by atoms with van der Waals surface area (Å²) in [4.78, 5) is 20.0. The van der Waals surface area contributed by atoms with Crippen molar-refractivity contribution in [2.45, 2.75) is 40.2 Å². The van der Waals surface area contributed by atoms with Gasteiger partial charge >= 0.3 is 0 Å². The number of nitrogens with zero attached hydrogens (tertiary/aromatic N) is 2. The van der Waals surface area contributed by atoms with Gasteiger partial charge in [0, 0.05) is 13.1 Å². The van der Waals surface area contributed by atoms with Crippen molar-refractivity contribution in [3.8, 4) is 5.75 Å². The molecule has 1 amide bonds. The number of hydrogen-bond donors (Lipinski definition) is 0. The van der Waals surface area contributed by atoms with Gasteiger partial charge in [-0.1, -0.05) is 24.6 Å². The fourth-order valence-corrected chi connectivity index (χ4v) is 3.96. The molecule has 0 spiro atoms. The Morgan fingerprint density at radius 1 is 1.33 bits per heavy atom. The second-order valence-electron chi connectivity index (χ2n) is 6.62. The number of carbonyl (C=O) groups excluding carboxylic acids is 1. The number of ether oxygens (including phenoxy) is 1. The first kappa shape index (κ1) is 17.0. The van der Waals surface area contributed by atoms with Crippen LogP contribution in [-0.4, -0.2) is 28.9 Å². The van der Waals surface area contributed by atoms with Crippen LogP contribution < -0.4 is 4.74 Å². The summed E-state index contributed by atoms with van der Waals surface area (Å²) in [6, 6.07) is 7.96. The smallest absolute Gasteiger partial charge is 0.265 e. The van der Waals surface area contributed by atoms with E-state index in [-0.39, 0.29) is 5.91 Å². The third kappa shape index (κ3) is 3.96. The molecular weight excluding hydrogens is 320 g/mol. The number of carbonyl (C=O) groups is 1. The summed E-state index contributed by atoms with van der Waals surface area (Å²) in [6.45, 7) is 8.28. The van der Waals surface area contributed by atoms with Gasteiger partial charge in [-0.25, -0.2) is 4.98 Å². The van der Waals surface area contributed by atoms with Crippen molar-refractivity contribution in [2.75, 3.05) is 13.1 Å². The van der Waals surface area contributed by atoms with E-state index in [1.807, 2.05) is 43.0 Å². The minimum absolute atomic E-state index is 0.123. The zero-order valence-electron chi connectivity index (χ0n) is 14.5. The second kappa shape index (κ2) is 7.34. The third-order valence-corrected chi connectivity index (χ3v) is 5.48. The largest absolute Gasteiger partial charge is 0.486 e. The van der Waals surface area contributed by atoms with Crippen molar-refractivity contribution in [1.82, 2.24) is 9.88 Å². The van der Waals surface area contributed by atoms with E-state index in [0.717, 1.165) is 40.8 Å². The van der Waals surface area contributed by atoms with Gasteiger partial charge in [-0.2, -0.15) is 0 Å². The first-order valence-corrected chi connectivity index (χ1v) is 9.29. The lowest BCUT2D eigenvalue weighted by Gasteiger charge is -2.30. The molecule has 2 heterocycles. The van der Waals surface area contributed by atoms with Gasteiger partial charge in [0.05, 0.1) is 5.69 Å². The summed E-state index contributed by atoms with van der Waals surface area (Å²) < 4.78 is 5.78. The van der Waals surface area contributed by atoms with Crippen molar-refractivity contribution < 1.29 is 9.53 Å². The number of aryl methyl sites for hydroxylation is 2. The molecule has 0 saturated carbocycles. The van der Waals surface area contributed by atoms with Crippen molar-refractivity contribution in [3.05, 3.63) is 45.4 Å². The zero-order valence-corrected chi connectivity index (χ0v) is 15.4. The highest BCUT2D eigenvalue weighted by molar-refractivity contribution is 7.13. The quantitative estimate of drug-likeness (QED) is 0.834. The Labute approximate surface area is 147 Å². The Bertz CT molecular complexity index is 709. The number of aromatic nitrogens is 1. The molecule has 1 saturated heterocycles. The molecular formula is C19H24N2O2S. The third-order valence-electron chi connectivity index (χ3n) is 4.36. The van der Waals surface area contributed by atoms with E-state index in [2.05, 4.69) is 11.9 Å². The van der Waals surface area contributed by atoms with E-state index in [1.54, 1.807) is 0 Å². The summed E-state index contributed by atoms with van der Waals surface area (Å²) in [5.74, 6) is 1.53. The molecule has 4 nitrogen and oxygen atoms in total. The molecule has 0 unspecified atom stereocenters. The molecule has 1 aliphatic heterocycles. The summed E-state index contributed by atoms with van der Waals surface area (Å²) in [5.41, 5.74) is 2.02. The van der Waals surface area contributed by atoms with E-state index >= 15 is 0 Å². The number of amides is 1. The summed E-state index contributed by atoms with van der Waals surface area (Å²) in [6.07, 6.45) is 2.30. The first-order chi connectivity index (χ1) is 11.5. The van der Waals surface area contributed by atoms with Crippen LogP contribution in [0.25, 0.3) is 0 Å². The number of rotatable bonds is 4. The maximum Gasteiger partial charge on any atom is 0.265 e. The fourth-order valence-electron chi connectivity index (χ4n) is 3.01. The Morgan fingerprint density at radius 2 is 2.08 bits per heavy atom. The van der Waals surface area contributed by atoms with Crippen LogP contribution in [0, 0.1) is 19.8 Å². The van der Waals surface area contributed by atoms with Crippen LogP contribution in [0.4, 0.5) is 0 Å². The van der Waals surface area contributed by atoms with Crippen LogP contribution in [0.15, 0.2) is 24.3 Å². The van der Waals surface area contributed by atoms with Crippen molar-refractivity contribution in [2.24, 2.45) is 5.92 Å². The van der Waals surface area contributed by atoms with Gasteiger partial charge in [-0.15, -0.1) is 11.3 Å². The summed E-state index contributed by atoms with van der Waals surface area (Å²) >= 11 is 1.46. The SMILES string of the molecule is Cc1ccc(OCc2nc(C)c(C(=O)N3CCC[C@H](C)C3)s2)cc1. The van der Waals surface area contributed by atoms with Crippen LogP contribution in [0.2, 0.25) is 0 Å². The Morgan fingerprint density at radius 3 is 2.79 bits per heavy atom. The molecule has 128 valence electrons. The van der Waals surface area contributed by atoms with Gasteiger partial charge in [0.15, 0.2) is 0 Å². The Kier molecular flexibility index (Phi) is 5.19. The standard InChI is InChI=1S/C19H24N2O2S/c1-13-6-8-16(9-7-13)23-12-17-20-15(3)18(24-17)19(22)21-10-4-5-14(2)11-21/h6-9,14H,4-5,10-12H2,1-3H3/t14-/m0/s1. The van der Waals surface area contributed by atoms with Gasteiger partial charge < -0.3 is 9.64 Å². The highest BCUT2D eigenvalue weighted by Crippen LogP contribution is 2.24. The number of piperidine rings is 1. The normalized spacial score (nSPS) is 17.8. The maximum absolute atomic E-state index is 12.7. The second-order valence-corrected chi connectivity index (χ2v) is 7.71. The van der Waals surface area contributed by atoms with E-state index in [9.17, 15) is 4.79 Å². The Balaban J connectivity index is 1.66. The number of likely N-dealkylation sites (tertiary alicyclic amines) is 1. The lowest BCUT2D eigenvalue weighted by atomic mass is 10.0. The predicted octanol–water partition coefficient (Wildman–Crippen LogP) is 4.21. The van der Waals surface area contributed by atoms with E-state index in [1.165, 1.54) is 23.3 Å². The summed E-state index contributed by atoms with van der Waals surface area (Å²) in [7, 11) is 0. The number of hydrogen-bond acceptors (Lipinski definition) is 4. The highest BCUT2D eigenvalue weighted by Gasteiger charge is 2.25. The van der Waals surface area contributed by atoms with Gasteiger partial charge in [0.1, 0.15) is 22.2 Å². The van der Waals surface area contributed by atoms with Crippen LogP contribution in [0.5, 0.6) is 5.75 Å². The molecule has 1 aliphatic rings. The molecule has 1 atom stereocenters. The minimum atomic E-state index is 0.123. The maximum atomic E-state index is 12.7. The van der Waals surface area contributed by atoms with Crippen LogP contribution in [0.3, 0.4) is 0 Å². The Hall–Kier alpha value is -1.88. The van der Waals surface area contributed by atoms with Gasteiger partial charge in [0.2, 0.25) is 0 Å². The highest BCUT2D eigenvalue weighted by atomic mass is 32.1. The predicted molar refractivity (Wildman–Crippen MR) is 96.7 cm³/mol. The molecule has 1 aromatic carbocycles. The topological polar surface area (TPSA) is 42.4 Å². The minimum Gasteiger partial charge on any atom is -0.486 e. The molecule has 0 N–H and O–H groups in total. The van der Waals surface area contributed by atoms with Crippen LogP contribution in [-0.2, 0) is 6.61 Å². The molecule has 24 heavy (non-hydrogen) atoms. The van der Waals surface area contributed by atoms with E-state index in [0.29, 0.717) is 12.5 Å². The number of benzene rings is 1. The van der Waals surface area contributed by atoms with Crippen molar-refractivity contribution in [1.29, 1.82) is 0 Å². The molecule has 2 aromatic rings. The summed E-state index contributed by atoms with van der Waals surface area (Å²) in [5, 5.41) is 0.849. The lowest BCUT2D eigenvalue weighted by molar-refractivity contribution is 0.0687. The van der Waals surface area contributed by atoms with Crippen molar-refractivity contribution >= 4 is 17.2 Å². The van der Waals surface area contributed by atoms with Crippen LogP contribution >= 0.6 is 11.3 Å². The molecule has 1 aromatic heterocycles. The molecule has 0 bridgehead atoms. The zero-order chi connectivity index (χ0) is 17.1. The van der Waals surface area contributed by atoms with Gasteiger partial charge in [0.25, 0.3) is 5.91 Å². The van der Waals surface area contributed by atoms with Gasteiger partial charge in [-0.3, -0.25) is 4.79 Å².